The normalized spacial score (nSPS) is 11.8. The molecule has 2 aromatic carbocycles. The Kier molecular flexibility index (Phi) is 7.28. The number of thioether (sulfide) groups is 1. The van der Waals surface area contributed by atoms with Gasteiger partial charge in [-0.3, -0.25) is 4.79 Å². The molecule has 3 aromatic rings. The number of hydrazone groups is 1. The number of aryl methyl sites for hydroxylation is 1. The molecule has 0 radical (unpaired) electrons. The number of benzene rings is 2. The Balaban J connectivity index is 1.61. The van der Waals surface area contributed by atoms with Gasteiger partial charge in [-0.25, -0.2) is 5.43 Å². The largest absolute Gasteiger partial charge is 0.302 e. The van der Waals surface area contributed by atoms with Gasteiger partial charge < -0.3 is 4.57 Å². The van der Waals surface area contributed by atoms with Gasteiger partial charge in [-0.2, -0.15) is 5.10 Å². The smallest absolute Gasteiger partial charge is 0.250 e. The topological polar surface area (TPSA) is 72.2 Å². The van der Waals surface area contributed by atoms with Crippen LogP contribution in [-0.4, -0.2) is 32.6 Å². The summed E-state index contributed by atoms with van der Waals surface area (Å²) in [4.78, 5) is 12.2. The van der Waals surface area contributed by atoms with Crippen molar-refractivity contribution in [3.05, 3.63) is 65.2 Å². The number of carbonyl (C=O) groups excluding carboxylic acids is 1. The van der Waals surface area contributed by atoms with Crippen LogP contribution in [0.5, 0.6) is 0 Å². The highest BCUT2D eigenvalue weighted by molar-refractivity contribution is 7.99. The fourth-order valence-corrected chi connectivity index (χ4v) is 3.80. The number of nitrogens with zero attached hydrogens (tertiary/aromatic N) is 4. The van der Waals surface area contributed by atoms with E-state index >= 15 is 0 Å². The quantitative estimate of drug-likeness (QED) is 0.328. The van der Waals surface area contributed by atoms with Crippen LogP contribution < -0.4 is 5.43 Å². The summed E-state index contributed by atoms with van der Waals surface area (Å²) in [6, 6.07) is 16.4. The highest BCUT2D eigenvalue weighted by atomic mass is 32.2. The summed E-state index contributed by atoms with van der Waals surface area (Å²) in [5, 5.41) is 13.4. The van der Waals surface area contributed by atoms with Crippen LogP contribution in [0, 0.1) is 6.92 Å². The van der Waals surface area contributed by atoms with Crippen molar-refractivity contribution in [2.24, 2.45) is 5.10 Å². The molecule has 0 saturated heterocycles. The van der Waals surface area contributed by atoms with Crippen molar-refractivity contribution < 1.29 is 4.79 Å². The Morgan fingerprint density at radius 3 is 2.39 bits per heavy atom. The van der Waals surface area contributed by atoms with Crippen LogP contribution >= 0.6 is 11.8 Å². The number of hydrogen-bond acceptors (Lipinski definition) is 5. The van der Waals surface area contributed by atoms with Crippen molar-refractivity contribution >= 4 is 23.9 Å². The van der Waals surface area contributed by atoms with Gasteiger partial charge in [0, 0.05) is 12.1 Å². The number of amides is 1. The molecule has 6 nitrogen and oxygen atoms in total. The second-order valence-electron chi connectivity index (χ2n) is 8.37. The molecule has 1 N–H and O–H groups in total. The maximum Gasteiger partial charge on any atom is 0.250 e. The van der Waals surface area contributed by atoms with Crippen LogP contribution in [0.25, 0.3) is 11.4 Å². The summed E-state index contributed by atoms with van der Waals surface area (Å²) in [7, 11) is 0. The van der Waals surface area contributed by atoms with E-state index in [1.807, 2.05) is 42.7 Å². The fraction of sp³-hybridized carbons (Fsp3) is 0.333. The first-order valence-electron chi connectivity index (χ1n) is 10.3. The molecule has 0 unspecified atom stereocenters. The molecule has 0 fully saturated rings. The molecular weight excluding hydrogens is 406 g/mol. The van der Waals surface area contributed by atoms with E-state index in [0.717, 1.165) is 28.7 Å². The van der Waals surface area contributed by atoms with Crippen LogP contribution in [0.15, 0.2) is 58.8 Å². The Labute approximate surface area is 188 Å². The summed E-state index contributed by atoms with van der Waals surface area (Å²) in [6.45, 7) is 11.4. The van der Waals surface area contributed by atoms with Crippen molar-refractivity contribution in [3.63, 3.8) is 0 Å². The van der Waals surface area contributed by atoms with Crippen LogP contribution in [0.4, 0.5) is 0 Å². The van der Waals surface area contributed by atoms with Crippen molar-refractivity contribution in [2.45, 2.75) is 51.7 Å². The summed E-state index contributed by atoms with van der Waals surface area (Å²) in [5.41, 5.74) is 7.08. The molecule has 0 aliphatic heterocycles. The molecule has 0 aliphatic rings. The first-order valence-corrected chi connectivity index (χ1v) is 11.3. The highest BCUT2D eigenvalue weighted by Gasteiger charge is 2.17. The lowest BCUT2D eigenvalue weighted by atomic mass is 9.87. The Hall–Kier alpha value is -2.93. The minimum Gasteiger partial charge on any atom is -0.302 e. The third kappa shape index (κ3) is 6.04. The highest BCUT2D eigenvalue weighted by Crippen LogP contribution is 2.27. The lowest BCUT2D eigenvalue weighted by Crippen LogP contribution is -2.20. The lowest BCUT2D eigenvalue weighted by Gasteiger charge is -2.19. The van der Waals surface area contributed by atoms with Gasteiger partial charge in [-0.1, -0.05) is 86.6 Å². The van der Waals surface area contributed by atoms with Gasteiger partial charge in [0.15, 0.2) is 11.0 Å². The van der Waals surface area contributed by atoms with Crippen molar-refractivity contribution in [1.82, 2.24) is 20.2 Å². The third-order valence-electron chi connectivity index (χ3n) is 4.85. The van der Waals surface area contributed by atoms with Gasteiger partial charge in [-0.05, 0) is 30.4 Å². The van der Waals surface area contributed by atoms with Crippen LogP contribution in [0.3, 0.4) is 0 Å². The molecule has 0 aliphatic carbocycles. The van der Waals surface area contributed by atoms with Gasteiger partial charge in [0.2, 0.25) is 0 Å². The van der Waals surface area contributed by atoms with Crippen molar-refractivity contribution in [2.75, 3.05) is 5.75 Å². The van der Waals surface area contributed by atoms with E-state index in [2.05, 4.69) is 65.8 Å². The number of hydrogen-bond donors (Lipinski definition) is 1. The second-order valence-corrected chi connectivity index (χ2v) is 9.31. The zero-order chi connectivity index (χ0) is 22.4. The summed E-state index contributed by atoms with van der Waals surface area (Å²) in [6.07, 6.45) is 1.63. The molecule has 31 heavy (non-hydrogen) atoms. The average Bonchev–Trinajstić information content (AvgIpc) is 3.16. The van der Waals surface area contributed by atoms with E-state index < -0.39 is 0 Å². The van der Waals surface area contributed by atoms with Crippen LogP contribution in [0.1, 0.15) is 44.4 Å². The predicted molar refractivity (Wildman–Crippen MR) is 127 cm³/mol. The van der Waals surface area contributed by atoms with Crippen LogP contribution in [-0.2, 0) is 16.8 Å². The molecule has 7 heteroatoms. The van der Waals surface area contributed by atoms with Crippen molar-refractivity contribution in [1.29, 1.82) is 0 Å². The van der Waals surface area contributed by atoms with Crippen molar-refractivity contribution in [3.8, 4) is 11.4 Å². The summed E-state index contributed by atoms with van der Waals surface area (Å²) in [5.74, 6) is 0.838. The van der Waals surface area contributed by atoms with E-state index in [9.17, 15) is 4.79 Å². The van der Waals surface area contributed by atoms with Gasteiger partial charge in [-0.15, -0.1) is 10.2 Å². The third-order valence-corrected chi connectivity index (χ3v) is 5.82. The Morgan fingerprint density at radius 2 is 1.77 bits per heavy atom. The number of rotatable bonds is 7. The molecule has 0 spiro atoms. The molecule has 0 atom stereocenters. The number of aromatic nitrogens is 3. The first-order chi connectivity index (χ1) is 14.8. The standard InChI is InChI=1S/C24H29N5OS/c1-6-29-22(19-11-13-20(14-12-19)24(3,4)5)27-28-23(29)31-16-21(30)26-25-15-18-9-7-17(2)8-10-18/h7-15H,6,16H2,1-5H3,(H,26,30)/b25-15+. The predicted octanol–water partition coefficient (Wildman–Crippen LogP) is 4.81. The lowest BCUT2D eigenvalue weighted by molar-refractivity contribution is -0.118. The zero-order valence-corrected chi connectivity index (χ0v) is 19.5. The number of nitrogens with one attached hydrogen (secondary N) is 1. The Morgan fingerprint density at radius 1 is 1.10 bits per heavy atom. The van der Waals surface area contributed by atoms with E-state index in [-0.39, 0.29) is 17.1 Å². The monoisotopic (exact) mass is 435 g/mol. The molecule has 0 saturated carbocycles. The minimum atomic E-state index is -0.185. The SMILES string of the molecule is CCn1c(SCC(=O)N/N=C/c2ccc(C)cc2)nnc1-c1ccc(C(C)(C)C)cc1. The van der Waals surface area contributed by atoms with Crippen LogP contribution in [0.2, 0.25) is 0 Å². The average molecular weight is 436 g/mol. The van der Waals surface area contributed by atoms with E-state index in [0.29, 0.717) is 0 Å². The van der Waals surface area contributed by atoms with Gasteiger partial charge in [0.25, 0.3) is 5.91 Å². The van der Waals surface area contributed by atoms with Gasteiger partial charge >= 0.3 is 0 Å². The number of carbonyl (C=O) groups is 1. The van der Waals surface area contributed by atoms with E-state index in [1.54, 1.807) is 6.21 Å². The molecule has 1 heterocycles. The molecule has 0 bridgehead atoms. The molecule has 1 aromatic heterocycles. The molecule has 1 amide bonds. The van der Waals surface area contributed by atoms with Gasteiger partial charge in [0.05, 0.1) is 12.0 Å². The molecule has 162 valence electrons. The molecule has 3 rings (SSSR count). The fourth-order valence-electron chi connectivity index (χ4n) is 3.01. The second kappa shape index (κ2) is 9.92. The van der Waals surface area contributed by atoms with E-state index in [4.69, 9.17) is 0 Å². The zero-order valence-electron chi connectivity index (χ0n) is 18.7. The Bertz CT molecular complexity index is 1050. The first kappa shape index (κ1) is 22.7. The molecular formula is C24H29N5OS. The summed E-state index contributed by atoms with van der Waals surface area (Å²) >= 11 is 1.35. The summed E-state index contributed by atoms with van der Waals surface area (Å²) < 4.78 is 2.03. The maximum atomic E-state index is 12.2. The van der Waals surface area contributed by atoms with E-state index in [1.165, 1.54) is 22.9 Å². The van der Waals surface area contributed by atoms with Gasteiger partial charge in [0.1, 0.15) is 0 Å². The maximum absolute atomic E-state index is 12.2. The minimum absolute atomic E-state index is 0.104.